The zero-order chi connectivity index (χ0) is 22.5. The second kappa shape index (κ2) is 10.3. The van der Waals surface area contributed by atoms with Gasteiger partial charge in [0.2, 0.25) is 0 Å². The van der Waals surface area contributed by atoms with Crippen molar-refractivity contribution in [1.82, 2.24) is 20.2 Å². The molecule has 2 N–H and O–H groups in total. The molecule has 0 atom stereocenters. The van der Waals surface area contributed by atoms with Crippen LogP contribution in [0.1, 0.15) is 23.7 Å². The van der Waals surface area contributed by atoms with Gasteiger partial charge < -0.3 is 19.8 Å². The summed E-state index contributed by atoms with van der Waals surface area (Å²) < 4.78 is 24.9. The van der Waals surface area contributed by atoms with Gasteiger partial charge in [0.05, 0.1) is 41.4 Å². The molecule has 2 heterocycles. The Labute approximate surface area is 190 Å². The lowest BCUT2D eigenvalue weighted by Gasteiger charge is -2.26. The smallest absolute Gasteiger partial charge is 0.251 e. The molecule has 1 saturated heterocycles. The average Bonchev–Trinajstić information content (AvgIpc) is 3.20. The van der Waals surface area contributed by atoms with E-state index in [1.807, 2.05) is 6.92 Å². The van der Waals surface area contributed by atoms with Gasteiger partial charge in [-0.15, -0.1) is 0 Å². The van der Waals surface area contributed by atoms with E-state index >= 15 is 0 Å². The lowest BCUT2D eigenvalue weighted by Crippen LogP contribution is -2.38. The zero-order valence-corrected chi connectivity index (χ0v) is 18.7. The minimum Gasteiger partial charge on any atom is -0.493 e. The monoisotopic (exact) mass is 460 g/mol. The second-order valence-electron chi connectivity index (χ2n) is 7.58. The van der Waals surface area contributed by atoms with Crippen molar-refractivity contribution in [2.24, 2.45) is 0 Å². The number of amides is 1. The number of hydrogen-bond donors (Lipinski definition) is 2. The van der Waals surface area contributed by atoms with Crippen LogP contribution in [0, 0.1) is 5.82 Å². The predicted molar refractivity (Wildman–Crippen MR) is 122 cm³/mol. The molecule has 7 nitrogen and oxygen atoms in total. The van der Waals surface area contributed by atoms with Crippen molar-refractivity contribution in [3.8, 4) is 17.1 Å². The number of morpholine rings is 1. The summed E-state index contributed by atoms with van der Waals surface area (Å²) in [6.07, 6.45) is 0.875. The summed E-state index contributed by atoms with van der Waals surface area (Å²) in [5, 5.41) is 2.98. The number of nitrogens with one attached hydrogen (secondary N) is 2. The normalized spacial score (nSPS) is 14.6. The zero-order valence-electron chi connectivity index (χ0n) is 17.9. The van der Waals surface area contributed by atoms with Crippen molar-refractivity contribution in [2.75, 3.05) is 46.0 Å². The van der Waals surface area contributed by atoms with Crippen molar-refractivity contribution in [1.29, 1.82) is 0 Å². The van der Waals surface area contributed by atoms with Crippen LogP contribution in [-0.4, -0.2) is 66.8 Å². The molecular formula is C23H26ClFN4O3. The van der Waals surface area contributed by atoms with Gasteiger partial charge in [-0.25, -0.2) is 9.37 Å². The van der Waals surface area contributed by atoms with Crippen molar-refractivity contribution in [2.45, 2.75) is 13.3 Å². The minimum absolute atomic E-state index is 0.0150. The summed E-state index contributed by atoms with van der Waals surface area (Å²) in [6, 6.07) is 8.01. The Bertz CT molecular complexity index is 1060. The molecule has 0 bridgehead atoms. The molecule has 0 spiro atoms. The Balaban J connectivity index is 1.45. The van der Waals surface area contributed by atoms with Gasteiger partial charge in [-0.1, -0.05) is 11.6 Å². The summed E-state index contributed by atoms with van der Waals surface area (Å²) in [5.74, 6) is 0.375. The Morgan fingerprint density at radius 3 is 2.91 bits per heavy atom. The molecule has 1 amide bonds. The fourth-order valence-corrected chi connectivity index (χ4v) is 3.86. The van der Waals surface area contributed by atoms with Gasteiger partial charge in [0, 0.05) is 31.3 Å². The number of imidazole rings is 1. The molecule has 4 rings (SSSR count). The van der Waals surface area contributed by atoms with Crippen LogP contribution in [0.4, 0.5) is 4.39 Å². The number of benzene rings is 2. The molecule has 1 aromatic heterocycles. The maximum Gasteiger partial charge on any atom is 0.251 e. The van der Waals surface area contributed by atoms with Crippen molar-refractivity contribution >= 4 is 28.5 Å². The largest absolute Gasteiger partial charge is 0.493 e. The lowest BCUT2D eigenvalue weighted by atomic mass is 10.1. The van der Waals surface area contributed by atoms with Gasteiger partial charge in [-0.05, 0) is 44.2 Å². The number of hydrogen-bond acceptors (Lipinski definition) is 5. The van der Waals surface area contributed by atoms with Crippen molar-refractivity contribution < 1.29 is 18.7 Å². The molecule has 1 aliphatic heterocycles. The van der Waals surface area contributed by atoms with E-state index in [0.29, 0.717) is 46.9 Å². The summed E-state index contributed by atoms with van der Waals surface area (Å²) in [7, 11) is 0. The maximum atomic E-state index is 13.8. The molecule has 9 heteroatoms. The van der Waals surface area contributed by atoms with Crippen LogP contribution in [0.25, 0.3) is 22.4 Å². The highest BCUT2D eigenvalue weighted by molar-refractivity contribution is 6.31. The Hall–Kier alpha value is -2.68. The van der Waals surface area contributed by atoms with E-state index in [0.717, 1.165) is 39.3 Å². The number of carbonyl (C=O) groups excluding carboxylic acids is 1. The van der Waals surface area contributed by atoms with Crippen molar-refractivity contribution in [3.05, 3.63) is 46.7 Å². The third-order valence-electron chi connectivity index (χ3n) is 5.36. The van der Waals surface area contributed by atoms with E-state index < -0.39 is 5.82 Å². The van der Waals surface area contributed by atoms with Crippen LogP contribution in [0.2, 0.25) is 5.02 Å². The highest BCUT2D eigenvalue weighted by Crippen LogP contribution is 2.32. The number of H-pyrrole nitrogens is 1. The van der Waals surface area contributed by atoms with Crippen LogP contribution in [-0.2, 0) is 4.74 Å². The molecule has 2 aromatic carbocycles. The topological polar surface area (TPSA) is 79.5 Å². The fourth-order valence-electron chi connectivity index (χ4n) is 3.70. The fraction of sp³-hybridized carbons (Fsp3) is 0.391. The van der Waals surface area contributed by atoms with Crippen LogP contribution in [0.15, 0.2) is 30.3 Å². The van der Waals surface area contributed by atoms with Gasteiger partial charge >= 0.3 is 0 Å². The molecule has 1 aliphatic rings. The molecule has 0 aliphatic carbocycles. The summed E-state index contributed by atoms with van der Waals surface area (Å²) in [6.45, 7) is 7.25. The highest BCUT2D eigenvalue weighted by atomic mass is 35.5. The highest BCUT2D eigenvalue weighted by Gasteiger charge is 2.16. The summed E-state index contributed by atoms with van der Waals surface area (Å²) >= 11 is 5.87. The Morgan fingerprint density at radius 2 is 2.12 bits per heavy atom. The number of aromatic nitrogens is 2. The number of ether oxygens (including phenoxy) is 2. The molecular weight excluding hydrogens is 435 g/mol. The SMILES string of the molecule is CCOc1cc(C(=O)NCCCN2CCOCC2)ccc1-c1nc2cc(Cl)c(F)cc2[nH]1. The van der Waals surface area contributed by atoms with Crippen LogP contribution < -0.4 is 10.1 Å². The van der Waals surface area contributed by atoms with E-state index in [-0.39, 0.29) is 10.9 Å². The molecule has 1 fully saturated rings. The van der Waals surface area contributed by atoms with E-state index in [2.05, 4.69) is 20.2 Å². The van der Waals surface area contributed by atoms with Crippen LogP contribution in [0.3, 0.4) is 0 Å². The van der Waals surface area contributed by atoms with Crippen LogP contribution in [0.5, 0.6) is 5.75 Å². The quantitative estimate of drug-likeness (QED) is 0.499. The van der Waals surface area contributed by atoms with Crippen molar-refractivity contribution in [3.63, 3.8) is 0 Å². The molecule has 0 saturated carbocycles. The first-order valence-electron chi connectivity index (χ1n) is 10.8. The van der Waals surface area contributed by atoms with Gasteiger partial charge in [-0.3, -0.25) is 9.69 Å². The number of fused-ring (bicyclic) bond motifs is 1. The number of aromatic amines is 1. The first kappa shape index (κ1) is 22.5. The third-order valence-corrected chi connectivity index (χ3v) is 5.65. The minimum atomic E-state index is -0.514. The van der Waals surface area contributed by atoms with Gasteiger partial charge in [0.1, 0.15) is 17.4 Å². The van der Waals surface area contributed by atoms with Gasteiger partial charge in [0.15, 0.2) is 0 Å². The first-order chi connectivity index (χ1) is 15.5. The van der Waals surface area contributed by atoms with Crippen LogP contribution >= 0.6 is 11.6 Å². The standard InChI is InChI=1S/C23H26ClFN4O3/c1-2-32-21-12-15(23(30)26-6-3-7-29-8-10-31-11-9-29)4-5-16(21)22-27-19-13-17(24)18(25)14-20(19)28-22/h4-5,12-14H,2-3,6-11H2,1H3,(H,26,30)(H,27,28). The van der Waals surface area contributed by atoms with E-state index in [9.17, 15) is 9.18 Å². The van der Waals surface area contributed by atoms with E-state index in [1.165, 1.54) is 12.1 Å². The Morgan fingerprint density at radius 1 is 1.31 bits per heavy atom. The van der Waals surface area contributed by atoms with Gasteiger partial charge in [-0.2, -0.15) is 0 Å². The third kappa shape index (κ3) is 5.20. The number of nitrogens with zero attached hydrogens (tertiary/aromatic N) is 2. The number of carbonyl (C=O) groups is 1. The number of halogens is 2. The molecule has 0 unspecified atom stereocenters. The lowest BCUT2D eigenvalue weighted by molar-refractivity contribution is 0.0374. The van der Waals surface area contributed by atoms with E-state index in [4.69, 9.17) is 21.1 Å². The summed E-state index contributed by atoms with van der Waals surface area (Å²) in [5.41, 5.74) is 2.28. The Kier molecular flexibility index (Phi) is 7.24. The summed E-state index contributed by atoms with van der Waals surface area (Å²) in [4.78, 5) is 22.6. The maximum absolute atomic E-state index is 13.8. The molecule has 3 aromatic rings. The first-order valence-corrected chi connectivity index (χ1v) is 11.1. The molecule has 32 heavy (non-hydrogen) atoms. The van der Waals surface area contributed by atoms with E-state index in [1.54, 1.807) is 18.2 Å². The number of rotatable bonds is 8. The van der Waals surface area contributed by atoms with Gasteiger partial charge in [0.25, 0.3) is 5.91 Å². The average molecular weight is 461 g/mol. The predicted octanol–water partition coefficient (Wildman–Crippen LogP) is 3.87. The molecule has 0 radical (unpaired) electrons. The molecule has 170 valence electrons. The second-order valence-corrected chi connectivity index (χ2v) is 7.98.